The van der Waals surface area contributed by atoms with E-state index in [1.807, 2.05) is 32.0 Å². The van der Waals surface area contributed by atoms with Crippen LogP contribution >= 0.6 is 0 Å². The van der Waals surface area contributed by atoms with Gasteiger partial charge in [0.05, 0.1) is 18.3 Å². The highest BCUT2D eigenvalue weighted by atomic mass is 16.5. The van der Waals surface area contributed by atoms with Crippen LogP contribution in [-0.2, 0) is 10.3 Å². The molecule has 76 valence electrons. The Morgan fingerprint density at radius 3 is 2.71 bits per heavy atom. The molecular weight excluding hydrogens is 180 g/mol. The molecule has 4 heteroatoms. The normalized spacial score (nSPS) is 10.8. The Hall–Kier alpha value is -1.58. The lowest BCUT2D eigenvalue weighted by molar-refractivity contribution is 0.159. The number of ether oxygens (including phenoxy) is 1. The van der Waals surface area contributed by atoms with Crippen LogP contribution in [0.5, 0.6) is 0 Å². The van der Waals surface area contributed by atoms with Crippen molar-refractivity contribution in [2.45, 2.75) is 19.4 Å². The van der Waals surface area contributed by atoms with Crippen molar-refractivity contribution in [3.05, 3.63) is 30.1 Å². The van der Waals surface area contributed by atoms with Crippen LogP contribution in [0.4, 0.5) is 4.79 Å². The van der Waals surface area contributed by atoms with E-state index in [0.717, 1.165) is 5.69 Å². The standard InChI is InChI=1S/C10H14N2O2/c1-10(2,12-9(13)14-3)8-6-4-5-7-11-8/h4-7H,1-3H3,(H,12,13). The highest BCUT2D eigenvalue weighted by Gasteiger charge is 2.24. The smallest absolute Gasteiger partial charge is 0.407 e. The number of methoxy groups -OCH3 is 1. The van der Waals surface area contributed by atoms with Crippen molar-refractivity contribution in [2.24, 2.45) is 0 Å². The summed E-state index contributed by atoms with van der Waals surface area (Å²) in [6.45, 7) is 3.73. The minimum absolute atomic E-state index is 0.458. The van der Waals surface area contributed by atoms with Gasteiger partial charge in [0.1, 0.15) is 0 Å². The monoisotopic (exact) mass is 194 g/mol. The number of hydrogen-bond acceptors (Lipinski definition) is 3. The topological polar surface area (TPSA) is 51.2 Å². The van der Waals surface area contributed by atoms with E-state index >= 15 is 0 Å². The molecule has 0 fully saturated rings. The van der Waals surface area contributed by atoms with Gasteiger partial charge in [0.2, 0.25) is 0 Å². The first-order valence-electron chi connectivity index (χ1n) is 4.34. The van der Waals surface area contributed by atoms with Crippen molar-refractivity contribution in [2.75, 3.05) is 7.11 Å². The number of carbonyl (C=O) groups is 1. The van der Waals surface area contributed by atoms with Gasteiger partial charge in [0.25, 0.3) is 0 Å². The first-order chi connectivity index (χ1) is 6.56. The second-order valence-corrected chi connectivity index (χ2v) is 3.46. The predicted molar refractivity (Wildman–Crippen MR) is 52.8 cm³/mol. The Labute approximate surface area is 83.3 Å². The van der Waals surface area contributed by atoms with Crippen LogP contribution in [-0.4, -0.2) is 18.2 Å². The highest BCUT2D eigenvalue weighted by Crippen LogP contribution is 2.16. The van der Waals surface area contributed by atoms with E-state index in [4.69, 9.17) is 0 Å². The molecule has 1 aromatic rings. The van der Waals surface area contributed by atoms with Crippen LogP contribution in [0.15, 0.2) is 24.4 Å². The largest absolute Gasteiger partial charge is 0.453 e. The molecule has 0 saturated carbocycles. The second-order valence-electron chi connectivity index (χ2n) is 3.46. The van der Waals surface area contributed by atoms with Gasteiger partial charge in [0, 0.05) is 6.20 Å². The minimum Gasteiger partial charge on any atom is -0.453 e. The van der Waals surface area contributed by atoms with Gasteiger partial charge in [-0.3, -0.25) is 4.98 Å². The summed E-state index contributed by atoms with van der Waals surface area (Å²) < 4.78 is 4.53. The zero-order chi connectivity index (χ0) is 10.6. The number of alkyl carbamates (subject to hydrolysis) is 1. The third-order valence-electron chi connectivity index (χ3n) is 1.91. The third-order valence-corrected chi connectivity index (χ3v) is 1.91. The zero-order valence-corrected chi connectivity index (χ0v) is 8.57. The number of rotatable bonds is 2. The van der Waals surface area contributed by atoms with Gasteiger partial charge in [-0.05, 0) is 26.0 Å². The Morgan fingerprint density at radius 1 is 1.50 bits per heavy atom. The first-order valence-corrected chi connectivity index (χ1v) is 4.34. The van der Waals surface area contributed by atoms with Gasteiger partial charge in [0.15, 0.2) is 0 Å². The van der Waals surface area contributed by atoms with Crippen molar-refractivity contribution in [3.8, 4) is 0 Å². The lowest BCUT2D eigenvalue weighted by Crippen LogP contribution is -2.41. The molecule has 0 unspecified atom stereocenters. The number of nitrogens with zero attached hydrogens (tertiary/aromatic N) is 1. The molecule has 0 aromatic carbocycles. The maximum absolute atomic E-state index is 11.0. The molecular formula is C10H14N2O2. The highest BCUT2D eigenvalue weighted by molar-refractivity contribution is 5.68. The molecule has 0 atom stereocenters. The summed E-state index contributed by atoms with van der Waals surface area (Å²) in [5.74, 6) is 0. The lowest BCUT2D eigenvalue weighted by Gasteiger charge is -2.24. The Bertz CT molecular complexity index is 309. The average Bonchev–Trinajstić information content (AvgIpc) is 2.18. The number of hydrogen-bond donors (Lipinski definition) is 1. The number of pyridine rings is 1. The molecule has 0 spiro atoms. The SMILES string of the molecule is COC(=O)NC(C)(C)c1ccccn1. The molecule has 1 aromatic heterocycles. The minimum atomic E-state index is -0.519. The van der Waals surface area contributed by atoms with Crippen LogP contribution in [0.1, 0.15) is 19.5 Å². The van der Waals surface area contributed by atoms with E-state index in [9.17, 15) is 4.79 Å². The molecule has 0 aliphatic rings. The molecule has 0 saturated heterocycles. The number of amides is 1. The first kappa shape index (κ1) is 10.5. The molecule has 0 aliphatic carbocycles. The maximum atomic E-state index is 11.0. The lowest BCUT2D eigenvalue weighted by atomic mass is 10.0. The van der Waals surface area contributed by atoms with E-state index in [2.05, 4.69) is 15.0 Å². The summed E-state index contributed by atoms with van der Waals surface area (Å²) in [6, 6.07) is 5.57. The molecule has 14 heavy (non-hydrogen) atoms. The van der Waals surface area contributed by atoms with Crippen LogP contribution < -0.4 is 5.32 Å². The number of nitrogens with one attached hydrogen (secondary N) is 1. The molecule has 4 nitrogen and oxygen atoms in total. The van der Waals surface area contributed by atoms with E-state index in [1.165, 1.54) is 7.11 Å². The van der Waals surface area contributed by atoms with E-state index in [0.29, 0.717) is 0 Å². The quantitative estimate of drug-likeness (QED) is 0.779. The van der Waals surface area contributed by atoms with Gasteiger partial charge in [-0.25, -0.2) is 4.79 Å². The van der Waals surface area contributed by atoms with Crippen molar-refractivity contribution < 1.29 is 9.53 Å². The molecule has 0 bridgehead atoms. The van der Waals surface area contributed by atoms with E-state index in [-0.39, 0.29) is 0 Å². The summed E-state index contributed by atoms with van der Waals surface area (Å²) >= 11 is 0. The van der Waals surface area contributed by atoms with Gasteiger partial charge in [-0.1, -0.05) is 6.07 Å². The van der Waals surface area contributed by atoms with Gasteiger partial charge in [-0.15, -0.1) is 0 Å². The third kappa shape index (κ3) is 2.45. The fraction of sp³-hybridized carbons (Fsp3) is 0.400. The van der Waals surface area contributed by atoms with Crippen molar-refractivity contribution >= 4 is 6.09 Å². The van der Waals surface area contributed by atoms with Crippen molar-refractivity contribution in [1.29, 1.82) is 0 Å². The molecule has 1 amide bonds. The molecule has 0 radical (unpaired) electrons. The Kier molecular flexibility index (Phi) is 3.06. The van der Waals surface area contributed by atoms with Gasteiger partial charge < -0.3 is 10.1 Å². The second kappa shape index (κ2) is 4.09. The van der Waals surface area contributed by atoms with E-state index in [1.54, 1.807) is 6.20 Å². The van der Waals surface area contributed by atoms with Crippen LogP contribution in [0.25, 0.3) is 0 Å². The molecule has 1 N–H and O–H groups in total. The molecule has 0 aliphatic heterocycles. The van der Waals surface area contributed by atoms with Gasteiger partial charge in [-0.2, -0.15) is 0 Å². The van der Waals surface area contributed by atoms with Crippen LogP contribution in [0.2, 0.25) is 0 Å². The number of carbonyl (C=O) groups excluding carboxylic acids is 1. The zero-order valence-electron chi connectivity index (χ0n) is 8.57. The fourth-order valence-electron chi connectivity index (χ4n) is 1.10. The fourth-order valence-corrected chi connectivity index (χ4v) is 1.10. The van der Waals surface area contributed by atoms with Crippen LogP contribution in [0.3, 0.4) is 0 Å². The summed E-state index contributed by atoms with van der Waals surface area (Å²) in [6.07, 6.45) is 1.23. The molecule has 1 rings (SSSR count). The number of aromatic nitrogens is 1. The molecule has 1 heterocycles. The maximum Gasteiger partial charge on any atom is 0.407 e. The average molecular weight is 194 g/mol. The summed E-state index contributed by atoms with van der Waals surface area (Å²) in [5, 5.41) is 2.70. The summed E-state index contributed by atoms with van der Waals surface area (Å²) in [7, 11) is 1.34. The summed E-state index contributed by atoms with van der Waals surface area (Å²) in [5.41, 5.74) is 0.277. The Balaban J connectivity index is 2.80. The van der Waals surface area contributed by atoms with Gasteiger partial charge >= 0.3 is 6.09 Å². The van der Waals surface area contributed by atoms with Crippen LogP contribution in [0, 0.1) is 0 Å². The van der Waals surface area contributed by atoms with E-state index < -0.39 is 11.6 Å². The van der Waals surface area contributed by atoms with Crippen molar-refractivity contribution in [1.82, 2.24) is 10.3 Å². The predicted octanol–water partition coefficient (Wildman–Crippen LogP) is 1.67. The summed E-state index contributed by atoms with van der Waals surface area (Å²) in [4.78, 5) is 15.2. The Morgan fingerprint density at radius 2 is 2.21 bits per heavy atom. The van der Waals surface area contributed by atoms with Crippen molar-refractivity contribution in [3.63, 3.8) is 0 Å².